The van der Waals surface area contributed by atoms with Crippen molar-refractivity contribution >= 4 is 50.8 Å². The van der Waals surface area contributed by atoms with Gasteiger partial charge in [0.15, 0.2) is 11.5 Å². The van der Waals surface area contributed by atoms with E-state index in [0.717, 1.165) is 35.1 Å². The number of hydrogen-bond acceptors (Lipinski definition) is 7. The van der Waals surface area contributed by atoms with Gasteiger partial charge in [0.25, 0.3) is 11.1 Å². The second-order valence-corrected chi connectivity index (χ2v) is 9.83. The maximum absolute atomic E-state index is 12.8. The maximum atomic E-state index is 12.8. The largest absolute Gasteiger partial charge is 0.493 e. The fraction of sp³-hybridized carbons (Fsp3) is 0.280. The third-order valence-corrected chi connectivity index (χ3v) is 7.14. The van der Waals surface area contributed by atoms with Crippen LogP contribution >= 0.6 is 27.7 Å². The van der Waals surface area contributed by atoms with Crippen LogP contribution in [-0.2, 0) is 16.2 Å². The average molecular weight is 556 g/mol. The number of halogens is 1. The normalized spacial score (nSPS) is 16.7. The summed E-state index contributed by atoms with van der Waals surface area (Å²) in [6, 6.07) is 12.6. The van der Waals surface area contributed by atoms with Crippen LogP contribution in [0.3, 0.4) is 0 Å². The van der Waals surface area contributed by atoms with Crippen LogP contribution < -0.4 is 9.47 Å². The zero-order valence-electron chi connectivity index (χ0n) is 19.0. The number of thioether (sulfide) groups is 1. The zero-order chi connectivity index (χ0) is 24.9. The number of hydrogen-bond donors (Lipinski definition) is 0. The van der Waals surface area contributed by atoms with Crippen molar-refractivity contribution in [1.29, 1.82) is 5.26 Å². The third-order valence-electron chi connectivity index (χ3n) is 5.64. The van der Waals surface area contributed by atoms with Gasteiger partial charge in [0.05, 0.1) is 28.1 Å². The van der Waals surface area contributed by atoms with Crippen molar-refractivity contribution in [3.8, 4) is 17.6 Å². The van der Waals surface area contributed by atoms with Crippen molar-refractivity contribution in [3.63, 3.8) is 0 Å². The van der Waals surface area contributed by atoms with E-state index in [-0.39, 0.29) is 24.0 Å². The molecule has 0 spiro atoms. The predicted octanol–water partition coefficient (Wildman–Crippen LogP) is 4.57. The van der Waals surface area contributed by atoms with E-state index in [0.29, 0.717) is 40.2 Å². The molecule has 0 aromatic heterocycles. The number of amides is 3. The molecule has 0 unspecified atom stereocenters. The van der Waals surface area contributed by atoms with Gasteiger partial charge in [-0.1, -0.05) is 12.1 Å². The van der Waals surface area contributed by atoms with Gasteiger partial charge in [0, 0.05) is 13.1 Å². The van der Waals surface area contributed by atoms with Crippen molar-refractivity contribution in [2.45, 2.75) is 19.4 Å². The number of carbonyl (C=O) groups excluding carboxylic acids is 3. The first-order valence-electron chi connectivity index (χ1n) is 10.9. The lowest BCUT2D eigenvalue weighted by molar-refractivity contribution is -0.135. The van der Waals surface area contributed by atoms with E-state index in [1.807, 2.05) is 12.1 Å². The number of rotatable bonds is 7. The maximum Gasteiger partial charge on any atom is 0.294 e. The van der Waals surface area contributed by atoms with E-state index in [2.05, 4.69) is 22.0 Å². The highest BCUT2D eigenvalue weighted by molar-refractivity contribution is 9.10. The lowest BCUT2D eigenvalue weighted by atomic mass is 10.1. The first kappa shape index (κ1) is 24.8. The van der Waals surface area contributed by atoms with Crippen LogP contribution in [-0.4, -0.2) is 53.6 Å². The Bertz CT molecular complexity index is 1230. The molecule has 0 atom stereocenters. The van der Waals surface area contributed by atoms with Crippen LogP contribution in [0.5, 0.6) is 11.5 Å². The zero-order valence-corrected chi connectivity index (χ0v) is 21.4. The summed E-state index contributed by atoms with van der Waals surface area (Å²) in [7, 11) is 1.51. The molecule has 10 heteroatoms. The number of nitrogens with zero attached hydrogens (tertiary/aromatic N) is 3. The third kappa shape index (κ3) is 5.69. The molecule has 2 aromatic rings. The van der Waals surface area contributed by atoms with Crippen molar-refractivity contribution in [2.75, 3.05) is 26.7 Å². The summed E-state index contributed by atoms with van der Waals surface area (Å²) < 4.78 is 12.0. The Balaban J connectivity index is 1.48. The SMILES string of the molecule is COc1cc(/C=C2\SC(=O)N(CC(=O)N3CCCC3)C2=O)cc(Br)c1OCc1ccc(C#N)cc1. The number of ether oxygens (including phenoxy) is 2. The van der Waals surface area contributed by atoms with Gasteiger partial charge in [-0.2, -0.15) is 5.26 Å². The minimum absolute atomic E-state index is 0.209. The standard InChI is InChI=1S/C25H22BrN3O5S/c1-33-20-11-18(10-19(26)23(20)34-15-17-6-4-16(13-27)5-7-17)12-21-24(31)29(25(32)35-21)14-22(30)28-8-2-3-9-28/h4-7,10-12H,2-3,8-9,14-15H2,1H3/b21-12-. The Morgan fingerprint density at radius 2 is 1.91 bits per heavy atom. The Labute approximate surface area is 215 Å². The first-order chi connectivity index (χ1) is 16.9. The minimum atomic E-state index is -0.483. The molecule has 3 amide bonds. The van der Waals surface area contributed by atoms with Gasteiger partial charge in [0.1, 0.15) is 13.2 Å². The minimum Gasteiger partial charge on any atom is -0.493 e. The second-order valence-electron chi connectivity index (χ2n) is 7.99. The van der Waals surface area contributed by atoms with Crippen molar-refractivity contribution in [3.05, 3.63) is 62.5 Å². The summed E-state index contributed by atoms with van der Waals surface area (Å²) in [5.41, 5.74) is 2.09. The number of likely N-dealkylation sites (tertiary alicyclic amines) is 1. The van der Waals surface area contributed by atoms with Gasteiger partial charge in [-0.3, -0.25) is 19.3 Å². The Morgan fingerprint density at radius 3 is 2.57 bits per heavy atom. The van der Waals surface area contributed by atoms with Gasteiger partial charge in [-0.25, -0.2) is 0 Å². The highest BCUT2D eigenvalue weighted by Gasteiger charge is 2.37. The monoisotopic (exact) mass is 555 g/mol. The average Bonchev–Trinajstić information content (AvgIpc) is 3.48. The molecule has 2 aromatic carbocycles. The molecule has 2 aliphatic rings. The van der Waals surface area contributed by atoms with E-state index in [4.69, 9.17) is 14.7 Å². The highest BCUT2D eigenvalue weighted by Crippen LogP contribution is 2.39. The van der Waals surface area contributed by atoms with Crippen molar-refractivity contribution in [1.82, 2.24) is 9.80 Å². The fourth-order valence-corrected chi connectivity index (χ4v) is 5.20. The summed E-state index contributed by atoms with van der Waals surface area (Å²) >= 11 is 4.31. The quantitative estimate of drug-likeness (QED) is 0.461. The summed E-state index contributed by atoms with van der Waals surface area (Å²) in [5.74, 6) is 0.240. The number of nitriles is 1. The molecule has 0 N–H and O–H groups in total. The number of imide groups is 1. The van der Waals surface area contributed by atoms with Crippen LogP contribution in [0.2, 0.25) is 0 Å². The lowest BCUT2D eigenvalue weighted by Crippen LogP contribution is -2.40. The molecule has 0 radical (unpaired) electrons. The van der Waals surface area contributed by atoms with Crippen LogP contribution in [0.15, 0.2) is 45.8 Å². The van der Waals surface area contributed by atoms with Gasteiger partial charge in [-0.15, -0.1) is 0 Å². The second kappa shape index (κ2) is 11.0. The molecule has 2 fully saturated rings. The number of carbonyl (C=O) groups is 3. The number of benzene rings is 2. The number of methoxy groups -OCH3 is 1. The van der Waals surface area contributed by atoms with Crippen molar-refractivity contribution < 1.29 is 23.9 Å². The molecule has 0 bridgehead atoms. The predicted molar refractivity (Wildman–Crippen MR) is 135 cm³/mol. The molecular formula is C25H22BrN3O5S. The topological polar surface area (TPSA) is 99.9 Å². The van der Waals surface area contributed by atoms with Crippen LogP contribution in [0.1, 0.15) is 29.5 Å². The Morgan fingerprint density at radius 1 is 1.20 bits per heavy atom. The van der Waals surface area contributed by atoms with Gasteiger partial charge in [-0.05, 0) is 82.0 Å². The highest BCUT2D eigenvalue weighted by atomic mass is 79.9. The summed E-state index contributed by atoms with van der Waals surface area (Å²) in [6.45, 7) is 1.36. The van der Waals surface area contributed by atoms with Crippen LogP contribution in [0.4, 0.5) is 4.79 Å². The summed E-state index contributed by atoms with van der Waals surface area (Å²) in [6.07, 6.45) is 3.48. The molecule has 8 nitrogen and oxygen atoms in total. The van der Waals surface area contributed by atoms with Crippen molar-refractivity contribution in [2.24, 2.45) is 0 Å². The molecule has 0 aliphatic carbocycles. The molecule has 2 aliphatic heterocycles. The van der Waals surface area contributed by atoms with Gasteiger partial charge in [0.2, 0.25) is 5.91 Å². The van der Waals surface area contributed by atoms with E-state index < -0.39 is 11.1 Å². The van der Waals surface area contributed by atoms with E-state index in [1.165, 1.54) is 7.11 Å². The molecule has 180 valence electrons. The summed E-state index contributed by atoms with van der Waals surface area (Å²) in [5, 5.41) is 8.47. The molecular weight excluding hydrogens is 534 g/mol. The molecule has 4 rings (SSSR count). The Hall–Kier alpha value is -3.29. The van der Waals surface area contributed by atoms with Gasteiger partial charge < -0.3 is 14.4 Å². The van der Waals surface area contributed by atoms with Gasteiger partial charge >= 0.3 is 0 Å². The molecule has 35 heavy (non-hydrogen) atoms. The first-order valence-corrected chi connectivity index (χ1v) is 12.5. The summed E-state index contributed by atoms with van der Waals surface area (Å²) in [4.78, 5) is 40.6. The van der Waals surface area contributed by atoms with Crippen LogP contribution in [0, 0.1) is 11.3 Å². The molecule has 2 saturated heterocycles. The molecule has 0 saturated carbocycles. The smallest absolute Gasteiger partial charge is 0.294 e. The fourth-order valence-electron chi connectivity index (χ4n) is 3.78. The Kier molecular flexibility index (Phi) is 7.78. The molecule has 2 heterocycles. The van der Waals surface area contributed by atoms with E-state index >= 15 is 0 Å². The van der Waals surface area contributed by atoms with Crippen LogP contribution in [0.25, 0.3) is 6.08 Å². The van der Waals surface area contributed by atoms with E-state index in [1.54, 1.807) is 35.2 Å². The lowest BCUT2D eigenvalue weighted by Gasteiger charge is -2.18. The van der Waals surface area contributed by atoms with E-state index in [9.17, 15) is 14.4 Å².